The van der Waals surface area contributed by atoms with E-state index >= 15 is 0 Å². The topological polar surface area (TPSA) is 83.1 Å². The molecule has 6 nitrogen and oxygen atoms in total. The van der Waals surface area contributed by atoms with Crippen LogP contribution in [-0.2, 0) is 14.6 Å². The van der Waals surface area contributed by atoms with Crippen LogP contribution in [0.25, 0.3) is 0 Å². The molecule has 1 atom stereocenters. The Bertz CT molecular complexity index is 607. The van der Waals surface area contributed by atoms with Gasteiger partial charge in [-0.15, -0.1) is 0 Å². The summed E-state index contributed by atoms with van der Waals surface area (Å²) in [6.07, 6.45) is 1.86. The second-order valence-corrected chi connectivity index (χ2v) is 8.57. The van der Waals surface area contributed by atoms with Gasteiger partial charge in [0, 0.05) is 24.7 Å². The van der Waals surface area contributed by atoms with Crippen LogP contribution in [-0.4, -0.2) is 53.5 Å². The Hall–Kier alpha value is -1.37. The van der Waals surface area contributed by atoms with E-state index in [-0.39, 0.29) is 11.8 Å². The number of nitrogens with one attached hydrogen (secondary N) is 1. The van der Waals surface area contributed by atoms with Gasteiger partial charge in [0.05, 0.1) is 10.9 Å². The average molecular weight is 313 g/mol. The molecule has 2 rings (SSSR count). The van der Waals surface area contributed by atoms with Crippen LogP contribution in [0.5, 0.6) is 0 Å². The number of sulfone groups is 1. The maximum absolute atomic E-state index is 12.2. The lowest BCUT2D eigenvalue weighted by atomic mass is 9.94. The van der Waals surface area contributed by atoms with E-state index in [9.17, 15) is 13.2 Å². The molecule has 7 heteroatoms. The van der Waals surface area contributed by atoms with E-state index in [4.69, 9.17) is 0 Å². The molecule has 0 saturated carbocycles. The van der Waals surface area contributed by atoms with Crippen LogP contribution >= 0.6 is 0 Å². The van der Waals surface area contributed by atoms with Gasteiger partial charge in [-0.25, -0.2) is 8.42 Å². The highest BCUT2D eigenvalue weighted by molar-refractivity contribution is 7.92. The smallest absolute Gasteiger partial charge is 0.237 e. The van der Waals surface area contributed by atoms with Crippen molar-refractivity contribution in [2.75, 3.05) is 18.8 Å². The summed E-state index contributed by atoms with van der Waals surface area (Å²) in [5, 5.41) is 6.65. The van der Waals surface area contributed by atoms with Gasteiger partial charge in [0.2, 0.25) is 5.91 Å². The number of likely N-dealkylation sites (tertiary alicyclic amines) is 1. The number of hydrogen-bond donors (Lipinski definition) is 1. The standard InChI is InChI=1S/C14H23N3O3S/c1-10(2)21(19,20)9-14(18)17-6-4-5-12(8-17)13-7-11(3)15-16-13/h7,10,12H,4-6,8-9H2,1-3H3,(H,15,16)/t12-/m1/s1. The second-order valence-electron chi connectivity index (χ2n) is 6.01. The first-order chi connectivity index (χ1) is 9.79. The van der Waals surface area contributed by atoms with Crippen molar-refractivity contribution in [3.05, 3.63) is 17.5 Å². The molecule has 2 heterocycles. The minimum atomic E-state index is -3.34. The summed E-state index contributed by atoms with van der Waals surface area (Å²) in [6.45, 7) is 6.34. The van der Waals surface area contributed by atoms with E-state index < -0.39 is 20.8 Å². The second kappa shape index (κ2) is 6.17. The van der Waals surface area contributed by atoms with Gasteiger partial charge in [-0.3, -0.25) is 9.89 Å². The molecule has 1 saturated heterocycles. The zero-order valence-electron chi connectivity index (χ0n) is 12.8. The van der Waals surface area contributed by atoms with Gasteiger partial charge < -0.3 is 4.90 Å². The summed E-state index contributed by atoms with van der Waals surface area (Å²) in [5.41, 5.74) is 1.95. The molecule has 1 fully saturated rings. The Morgan fingerprint density at radius 2 is 2.24 bits per heavy atom. The molecular weight excluding hydrogens is 290 g/mol. The van der Waals surface area contributed by atoms with Gasteiger partial charge in [0.15, 0.2) is 9.84 Å². The Labute approximate surface area is 125 Å². The number of piperidine rings is 1. The lowest BCUT2D eigenvalue weighted by Crippen LogP contribution is -2.43. The van der Waals surface area contributed by atoms with Gasteiger partial charge >= 0.3 is 0 Å². The van der Waals surface area contributed by atoms with Crippen molar-refractivity contribution in [3.63, 3.8) is 0 Å². The summed E-state index contributed by atoms with van der Waals surface area (Å²) in [7, 11) is -3.34. The van der Waals surface area contributed by atoms with Gasteiger partial charge in [0.1, 0.15) is 5.75 Å². The van der Waals surface area contributed by atoms with Crippen LogP contribution < -0.4 is 0 Å². The predicted molar refractivity (Wildman–Crippen MR) is 80.8 cm³/mol. The lowest BCUT2D eigenvalue weighted by molar-refractivity contribution is -0.129. The molecule has 1 aromatic heterocycles. The largest absolute Gasteiger partial charge is 0.341 e. The number of nitrogens with zero attached hydrogens (tertiary/aromatic N) is 2. The number of aryl methyl sites for hydroxylation is 1. The lowest BCUT2D eigenvalue weighted by Gasteiger charge is -2.32. The molecule has 1 N–H and O–H groups in total. The molecule has 1 amide bonds. The van der Waals surface area contributed by atoms with Crippen LogP contribution in [0.15, 0.2) is 6.07 Å². The number of amides is 1. The van der Waals surface area contributed by atoms with Crippen molar-refractivity contribution in [2.45, 2.75) is 44.8 Å². The number of aromatic amines is 1. The number of aromatic nitrogens is 2. The molecule has 0 radical (unpaired) electrons. The molecule has 0 aromatic carbocycles. The van der Waals surface area contributed by atoms with E-state index in [2.05, 4.69) is 10.2 Å². The molecule has 118 valence electrons. The fourth-order valence-corrected chi connectivity index (χ4v) is 3.38. The van der Waals surface area contributed by atoms with Crippen molar-refractivity contribution in [2.24, 2.45) is 0 Å². The first kappa shape index (κ1) is 16.0. The molecule has 0 bridgehead atoms. The normalized spacial score (nSPS) is 20.0. The fourth-order valence-electron chi connectivity index (χ4n) is 2.52. The summed E-state index contributed by atoms with van der Waals surface area (Å²) in [6, 6.07) is 1.99. The van der Waals surface area contributed by atoms with E-state index in [0.29, 0.717) is 13.1 Å². The van der Waals surface area contributed by atoms with Gasteiger partial charge in [-0.2, -0.15) is 5.10 Å². The summed E-state index contributed by atoms with van der Waals surface area (Å²) in [4.78, 5) is 13.9. The Kier molecular flexibility index (Phi) is 4.70. The Balaban J connectivity index is 2.02. The number of rotatable bonds is 4. The Morgan fingerprint density at radius 3 is 2.81 bits per heavy atom. The van der Waals surface area contributed by atoms with Crippen molar-refractivity contribution >= 4 is 15.7 Å². The van der Waals surface area contributed by atoms with E-state index in [0.717, 1.165) is 24.2 Å². The molecule has 1 aliphatic rings. The molecular formula is C14H23N3O3S. The van der Waals surface area contributed by atoms with E-state index in [1.807, 2.05) is 13.0 Å². The SMILES string of the molecule is Cc1cc([C@@H]2CCCN(C(=O)CS(=O)(=O)C(C)C)C2)n[nH]1. The first-order valence-electron chi connectivity index (χ1n) is 7.31. The van der Waals surface area contributed by atoms with E-state index in [1.54, 1.807) is 18.7 Å². The third-order valence-electron chi connectivity index (χ3n) is 3.96. The molecule has 0 spiro atoms. The van der Waals surface area contributed by atoms with Crippen LogP contribution in [0.1, 0.15) is 44.0 Å². The third kappa shape index (κ3) is 3.84. The highest BCUT2D eigenvalue weighted by atomic mass is 32.2. The quantitative estimate of drug-likeness (QED) is 0.907. The van der Waals surface area contributed by atoms with Crippen LogP contribution in [0.4, 0.5) is 0 Å². The fraction of sp³-hybridized carbons (Fsp3) is 0.714. The predicted octanol–water partition coefficient (Wildman–Crippen LogP) is 1.25. The maximum Gasteiger partial charge on any atom is 0.237 e. The zero-order chi connectivity index (χ0) is 15.6. The highest BCUT2D eigenvalue weighted by Gasteiger charge is 2.29. The van der Waals surface area contributed by atoms with Crippen LogP contribution in [0.3, 0.4) is 0 Å². The number of hydrogen-bond acceptors (Lipinski definition) is 4. The summed E-state index contributed by atoms with van der Waals surface area (Å²) >= 11 is 0. The summed E-state index contributed by atoms with van der Waals surface area (Å²) < 4.78 is 23.7. The minimum absolute atomic E-state index is 0.189. The molecule has 1 aromatic rings. The molecule has 21 heavy (non-hydrogen) atoms. The highest BCUT2D eigenvalue weighted by Crippen LogP contribution is 2.26. The van der Waals surface area contributed by atoms with Gasteiger partial charge in [-0.05, 0) is 39.7 Å². The van der Waals surface area contributed by atoms with E-state index in [1.165, 1.54) is 0 Å². The van der Waals surface area contributed by atoms with Crippen LogP contribution in [0.2, 0.25) is 0 Å². The third-order valence-corrected chi connectivity index (χ3v) is 6.05. The van der Waals surface area contributed by atoms with Gasteiger partial charge in [-0.1, -0.05) is 0 Å². The minimum Gasteiger partial charge on any atom is -0.341 e. The monoisotopic (exact) mass is 313 g/mol. The molecule has 0 unspecified atom stereocenters. The first-order valence-corrected chi connectivity index (χ1v) is 9.02. The van der Waals surface area contributed by atoms with Gasteiger partial charge in [0.25, 0.3) is 0 Å². The maximum atomic E-state index is 12.2. The zero-order valence-corrected chi connectivity index (χ0v) is 13.6. The molecule has 0 aliphatic carbocycles. The summed E-state index contributed by atoms with van der Waals surface area (Å²) in [5.74, 6) is -0.494. The number of carbonyl (C=O) groups is 1. The average Bonchev–Trinajstić information content (AvgIpc) is 2.85. The van der Waals surface area contributed by atoms with Crippen LogP contribution in [0, 0.1) is 6.92 Å². The number of H-pyrrole nitrogens is 1. The van der Waals surface area contributed by atoms with Crippen molar-refractivity contribution < 1.29 is 13.2 Å². The Morgan fingerprint density at radius 1 is 1.52 bits per heavy atom. The van der Waals surface area contributed by atoms with Crippen molar-refractivity contribution in [1.82, 2.24) is 15.1 Å². The number of carbonyl (C=O) groups excluding carboxylic acids is 1. The van der Waals surface area contributed by atoms with Crippen molar-refractivity contribution in [1.29, 1.82) is 0 Å². The molecule has 1 aliphatic heterocycles. The van der Waals surface area contributed by atoms with Crippen molar-refractivity contribution in [3.8, 4) is 0 Å².